The number of carboxylic acids is 1. The number of nitrogens with one attached hydrogen (secondary N) is 1. The minimum absolute atomic E-state index is 0.147. The second kappa shape index (κ2) is 5.46. The summed E-state index contributed by atoms with van der Waals surface area (Å²) in [5.74, 6) is -2.10. The van der Waals surface area contributed by atoms with Crippen molar-refractivity contribution >= 4 is 29.2 Å². The highest BCUT2D eigenvalue weighted by molar-refractivity contribution is 6.31. The molecule has 1 amide bonds. The maximum Gasteiger partial charge on any atom is 0.325 e. The van der Waals surface area contributed by atoms with Gasteiger partial charge >= 0.3 is 5.97 Å². The first kappa shape index (κ1) is 13.9. The first-order chi connectivity index (χ1) is 8.32. The Bertz CT molecular complexity index is 517. The molecule has 1 aromatic carbocycles. The summed E-state index contributed by atoms with van der Waals surface area (Å²) in [5, 5.41) is 21.6. The lowest BCUT2D eigenvalue weighted by molar-refractivity contribution is -0.385. The van der Waals surface area contributed by atoms with Crippen LogP contribution < -0.4 is 5.32 Å². The van der Waals surface area contributed by atoms with E-state index in [2.05, 4.69) is 5.32 Å². The van der Waals surface area contributed by atoms with Crippen molar-refractivity contribution in [3.05, 3.63) is 38.9 Å². The van der Waals surface area contributed by atoms with Gasteiger partial charge in [0.15, 0.2) is 0 Å². The summed E-state index contributed by atoms with van der Waals surface area (Å²) in [6.45, 7) is 1.25. The second-order valence-corrected chi connectivity index (χ2v) is 3.89. The van der Waals surface area contributed by atoms with Crippen LogP contribution >= 0.6 is 11.6 Å². The number of carbonyl (C=O) groups excluding carboxylic acids is 1. The molecule has 0 aliphatic rings. The fourth-order valence-electron chi connectivity index (χ4n) is 1.19. The van der Waals surface area contributed by atoms with Crippen molar-refractivity contribution < 1.29 is 19.6 Å². The number of nitrogens with zero attached hydrogens (tertiary/aromatic N) is 1. The van der Waals surface area contributed by atoms with E-state index in [0.29, 0.717) is 0 Å². The number of nitro benzene ring substituents is 1. The Balaban J connectivity index is 3.08. The van der Waals surface area contributed by atoms with Gasteiger partial charge < -0.3 is 10.4 Å². The maximum atomic E-state index is 11.7. The molecule has 0 aromatic heterocycles. The van der Waals surface area contributed by atoms with E-state index in [1.807, 2.05) is 0 Å². The van der Waals surface area contributed by atoms with Crippen molar-refractivity contribution in [1.29, 1.82) is 0 Å². The van der Waals surface area contributed by atoms with Gasteiger partial charge in [-0.2, -0.15) is 0 Å². The molecule has 0 spiro atoms. The van der Waals surface area contributed by atoms with Gasteiger partial charge in [0.05, 0.1) is 4.92 Å². The van der Waals surface area contributed by atoms with E-state index in [1.165, 1.54) is 13.0 Å². The summed E-state index contributed by atoms with van der Waals surface area (Å²) in [5.41, 5.74) is -0.713. The summed E-state index contributed by atoms with van der Waals surface area (Å²) in [6, 6.07) is 2.32. The Kier molecular flexibility index (Phi) is 4.22. The zero-order valence-corrected chi connectivity index (χ0v) is 9.97. The van der Waals surface area contributed by atoms with Gasteiger partial charge in [-0.25, -0.2) is 0 Å². The van der Waals surface area contributed by atoms with Crippen LogP contribution in [0.2, 0.25) is 5.02 Å². The third-order valence-corrected chi connectivity index (χ3v) is 2.35. The third kappa shape index (κ3) is 3.17. The molecule has 0 aliphatic heterocycles. The van der Waals surface area contributed by atoms with E-state index >= 15 is 0 Å². The van der Waals surface area contributed by atoms with Crippen LogP contribution in [0.5, 0.6) is 0 Å². The first-order valence-corrected chi connectivity index (χ1v) is 5.18. The van der Waals surface area contributed by atoms with E-state index in [9.17, 15) is 19.7 Å². The zero-order chi connectivity index (χ0) is 13.9. The maximum absolute atomic E-state index is 11.7. The number of hydrogen-bond donors (Lipinski definition) is 2. The number of carbonyl (C=O) groups is 2. The number of aliphatic carboxylic acids is 1. The van der Waals surface area contributed by atoms with E-state index in [-0.39, 0.29) is 10.6 Å². The summed E-state index contributed by atoms with van der Waals surface area (Å²) in [4.78, 5) is 32.3. The van der Waals surface area contributed by atoms with Gasteiger partial charge in [0.1, 0.15) is 11.6 Å². The fourth-order valence-corrected chi connectivity index (χ4v) is 1.36. The standard InChI is InChI=1S/C10H9ClN2O5/c1-5(10(15)16)12-9(14)7-4-6(11)2-3-8(7)13(17)18/h2-5H,1H3,(H,12,14)(H,15,16). The number of hydrogen-bond acceptors (Lipinski definition) is 4. The summed E-state index contributed by atoms with van der Waals surface area (Å²) in [6.07, 6.45) is 0. The molecule has 18 heavy (non-hydrogen) atoms. The van der Waals surface area contributed by atoms with Gasteiger partial charge in [-0.1, -0.05) is 11.6 Å². The summed E-state index contributed by atoms with van der Waals surface area (Å²) < 4.78 is 0. The molecule has 0 radical (unpaired) electrons. The van der Waals surface area contributed by atoms with Gasteiger partial charge in [-0.3, -0.25) is 19.7 Å². The number of carboxylic acid groups (broad SMARTS) is 1. The molecule has 1 unspecified atom stereocenters. The van der Waals surface area contributed by atoms with Crippen LogP contribution in [0.3, 0.4) is 0 Å². The molecule has 96 valence electrons. The Labute approximate surface area is 107 Å². The SMILES string of the molecule is CC(NC(=O)c1cc(Cl)ccc1[N+](=O)[O-])C(=O)O. The quantitative estimate of drug-likeness (QED) is 0.637. The highest BCUT2D eigenvalue weighted by Crippen LogP contribution is 2.22. The molecule has 0 fully saturated rings. The average Bonchev–Trinajstić information content (AvgIpc) is 2.28. The Morgan fingerprint density at radius 3 is 2.61 bits per heavy atom. The second-order valence-electron chi connectivity index (χ2n) is 3.45. The molecule has 1 atom stereocenters. The molecule has 8 heteroatoms. The molecule has 7 nitrogen and oxygen atoms in total. The number of halogens is 1. The highest BCUT2D eigenvalue weighted by atomic mass is 35.5. The lowest BCUT2D eigenvalue weighted by Crippen LogP contribution is -2.38. The molecule has 1 aromatic rings. The van der Waals surface area contributed by atoms with Gasteiger partial charge in [0.2, 0.25) is 0 Å². The molecular formula is C10H9ClN2O5. The van der Waals surface area contributed by atoms with Crippen molar-refractivity contribution in [3.63, 3.8) is 0 Å². The number of nitro groups is 1. The van der Waals surface area contributed by atoms with Gasteiger partial charge in [-0.15, -0.1) is 0 Å². The molecule has 0 heterocycles. The van der Waals surface area contributed by atoms with E-state index in [0.717, 1.165) is 12.1 Å². The average molecular weight is 273 g/mol. The van der Waals surface area contributed by atoms with Crippen LogP contribution in [0.15, 0.2) is 18.2 Å². The molecule has 0 saturated carbocycles. The Morgan fingerprint density at radius 1 is 1.50 bits per heavy atom. The van der Waals surface area contributed by atoms with Crippen molar-refractivity contribution in [2.75, 3.05) is 0 Å². The first-order valence-electron chi connectivity index (χ1n) is 4.80. The van der Waals surface area contributed by atoms with Crippen molar-refractivity contribution in [1.82, 2.24) is 5.32 Å². The molecule has 0 aliphatic carbocycles. The Hall–Kier alpha value is -2.15. The molecule has 1 rings (SSSR count). The van der Waals surface area contributed by atoms with Crippen molar-refractivity contribution in [2.45, 2.75) is 13.0 Å². The fraction of sp³-hybridized carbons (Fsp3) is 0.200. The predicted molar refractivity (Wildman–Crippen MR) is 62.7 cm³/mol. The highest BCUT2D eigenvalue weighted by Gasteiger charge is 2.23. The van der Waals surface area contributed by atoms with Crippen LogP contribution in [0, 0.1) is 10.1 Å². The normalized spacial score (nSPS) is 11.7. The smallest absolute Gasteiger partial charge is 0.325 e. The lowest BCUT2D eigenvalue weighted by atomic mass is 10.1. The van der Waals surface area contributed by atoms with Crippen LogP contribution in [0.4, 0.5) is 5.69 Å². The predicted octanol–water partition coefficient (Wildman–Crippen LogP) is 1.45. The third-order valence-electron chi connectivity index (χ3n) is 2.12. The van der Waals surface area contributed by atoms with Crippen LogP contribution in [-0.2, 0) is 4.79 Å². The monoisotopic (exact) mass is 272 g/mol. The summed E-state index contributed by atoms with van der Waals surface area (Å²) in [7, 11) is 0. The van der Waals surface area contributed by atoms with Crippen molar-refractivity contribution in [3.8, 4) is 0 Å². The Morgan fingerprint density at radius 2 is 2.11 bits per heavy atom. The van der Waals surface area contributed by atoms with Crippen LogP contribution in [0.1, 0.15) is 17.3 Å². The molecule has 2 N–H and O–H groups in total. The zero-order valence-electron chi connectivity index (χ0n) is 9.21. The number of benzene rings is 1. The van der Waals surface area contributed by atoms with Gasteiger partial charge in [0.25, 0.3) is 11.6 Å². The molecule has 0 bridgehead atoms. The van der Waals surface area contributed by atoms with E-state index < -0.39 is 28.5 Å². The topological polar surface area (TPSA) is 110 Å². The number of rotatable bonds is 4. The van der Waals surface area contributed by atoms with E-state index in [1.54, 1.807) is 0 Å². The number of amides is 1. The minimum atomic E-state index is -1.24. The molecule has 0 saturated heterocycles. The van der Waals surface area contributed by atoms with Gasteiger partial charge in [0, 0.05) is 11.1 Å². The van der Waals surface area contributed by atoms with Crippen LogP contribution in [-0.4, -0.2) is 27.9 Å². The van der Waals surface area contributed by atoms with E-state index in [4.69, 9.17) is 16.7 Å². The van der Waals surface area contributed by atoms with Crippen molar-refractivity contribution in [2.24, 2.45) is 0 Å². The lowest BCUT2D eigenvalue weighted by Gasteiger charge is -2.09. The summed E-state index contributed by atoms with van der Waals surface area (Å²) >= 11 is 5.65. The van der Waals surface area contributed by atoms with Gasteiger partial charge in [-0.05, 0) is 19.1 Å². The van der Waals surface area contributed by atoms with Crippen LogP contribution in [0.25, 0.3) is 0 Å². The largest absolute Gasteiger partial charge is 0.480 e. The minimum Gasteiger partial charge on any atom is -0.480 e. The molecular weight excluding hydrogens is 264 g/mol.